The van der Waals surface area contributed by atoms with Gasteiger partial charge in [0.15, 0.2) is 0 Å². The maximum atomic E-state index is 6.10. The minimum Gasteiger partial charge on any atom is -0.322 e. The second-order valence-electron chi connectivity index (χ2n) is 3.61. The Kier molecular flexibility index (Phi) is 3.24. The van der Waals surface area contributed by atoms with Gasteiger partial charge in [0.1, 0.15) is 0 Å². The van der Waals surface area contributed by atoms with Gasteiger partial charge in [0.2, 0.25) is 0 Å². The molecule has 16 heavy (non-hydrogen) atoms. The highest BCUT2D eigenvalue weighted by molar-refractivity contribution is 5.23. The van der Waals surface area contributed by atoms with Gasteiger partial charge in [-0.25, -0.2) is 0 Å². The van der Waals surface area contributed by atoms with Crippen LogP contribution in [0.15, 0.2) is 49.1 Å². The average molecular weight is 214 g/mol. The van der Waals surface area contributed by atoms with Crippen LogP contribution < -0.4 is 11.5 Å². The summed E-state index contributed by atoms with van der Waals surface area (Å²) in [5, 5.41) is 0. The van der Waals surface area contributed by atoms with Crippen molar-refractivity contribution in [2.24, 2.45) is 11.5 Å². The highest BCUT2D eigenvalue weighted by Gasteiger charge is 2.16. The molecule has 0 aromatic carbocycles. The molecule has 82 valence electrons. The SMILES string of the molecule is N[C@@H](c1ccncc1)[C@@H](N)c1ccncc1. The Morgan fingerprint density at radius 1 is 0.688 bits per heavy atom. The van der Waals surface area contributed by atoms with E-state index in [4.69, 9.17) is 11.5 Å². The van der Waals surface area contributed by atoms with Crippen molar-refractivity contribution in [1.29, 1.82) is 0 Å². The Morgan fingerprint density at radius 2 is 1.00 bits per heavy atom. The summed E-state index contributed by atoms with van der Waals surface area (Å²) in [6, 6.07) is 7.06. The molecule has 0 aliphatic rings. The fraction of sp³-hybridized carbons (Fsp3) is 0.167. The summed E-state index contributed by atoms with van der Waals surface area (Å²) in [5.74, 6) is 0. The molecular weight excluding hydrogens is 200 g/mol. The zero-order valence-electron chi connectivity index (χ0n) is 8.82. The van der Waals surface area contributed by atoms with E-state index in [0.717, 1.165) is 11.1 Å². The Morgan fingerprint density at radius 3 is 1.31 bits per heavy atom. The van der Waals surface area contributed by atoms with Crippen molar-refractivity contribution in [2.45, 2.75) is 12.1 Å². The third-order valence-corrected chi connectivity index (χ3v) is 2.57. The van der Waals surface area contributed by atoms with Crippen molar-refractivity contribution in [1.82, 2.24) is 9.97 Å². The molecule has 2 aromatic heterocycles. The first-order chi connectivity index (χ1) is 7.79. The van der Waals surface area contributed by atoms with Crippen LogP contribution in [-0.2, 0) is 0 Å². The van der Waals surface area contributed by atoms with Gasteiger partial charge >= 0.3 is 0 Å². The lowest BCUT2D eigenvalue weighted by atomic mass is 9.96. The number of aromatic nitrogens is 2. The van der Waals surface area contributed by atoms with E-state index in [1.165, 1.54) is 0 Å². The van der Waals surface area contributed by atoms with Gasteiger partial charge in [0.25, 0.3) is 0 Å². The molecule has 0 aliphatic heterocycles. The quantitative estimate of drug-likeness (QED) is 0.804. The second kappa shape index (κ2) is 4.83. The lowest BCUT2D eigenvalue weighted by Crippen LogP contribution is -2.26. The predicted octanol–water partition coefficient (Wildman–Crippen LogP) is 1.18. The first kappa shape index (κ1) is 10.7. The number of hydrogen-bond donors (Lipinski definition) is 2. The van der Waals surface area contributed by atoms with E-state index in [0.29, 0.717) is 0 Å². The van der Waals surface area contributed by atoms with Crippen molar-refractivity contribution < 1.29 is 0 Å². The normalized spacial score (nSPS) is 14.4. The van der Waals surface area contributed by atoms with E-state index in [1.54, 1.807) is 24.8 Å². The van der Waals surface area contributed by atoms with Crippen LogP contribution in [0.3, 0.4) is 0 Å². The Hall–Kier alpha value is -1.78. The van der Waals surface area contributed by atoms with Crippen LogP contribution in [0.25, 0.3) is 0 Å². The van der Waals surface area contributed by atoms with Gasteiger partial charge in [-0.3, -0.25) is 9.97 Å². The molecule has 0 saturated carbocycles. The summed E-state index contributed by atoms with van der Waals surface area (Å²) >= 11 is 0. The predicted molar refractivity (Wildman–Crippen MR) is 62.3 cm³/mol. The highest BCUT2D eigenvalue weighted by atomic mass is 14.8. The van der Waals surface area contributed by atoms with Crippen LogP contribution in [0.4, 0.5) is 0 Å². The van der Waals surface area contributed by atoms with Gasteiger partial charge < -0.3 is 11.5 Å². The summed E-state index contributed by atoms with van der Waals surface area (Å²) in [5.41, 5.74) is 14.2. The van der Waals surface area contributed by atoms with Crippen molar-refractivity contribution in [3.05, 3.63) is 60.2 Å². The molecule has 0 radical (unpaired) electrons. The number of rotatable bonds is 3. The lowest BCUT2D eigenvalue weighted by Gasteiger charge is -2.20. The van der Waals surface area contributed by atoms with Crippen molar-refractivity contribution in [2.75, 3.05) is 0 Å². The van der Waals surface area contributed by atoms with Crippen molar-refractivity contribution in [3.63, 3.8) is 0 Å². The average Bonchev–Trinajstić information content (AvgIpc) is 2.39. The van der Waals surface area contributed by atoms with Crippen molar-refractivity contribution >= 4 is 0 Å². The van der Waals surface area contributed by atoms with E-state index in [-0.39, 0.29) is 12.1 Å². The van der Waals surface area contributed by atoms with Gasteiger partial charge in [-0.05, 0) is 35.4 Å². The number of pyridine rings is 2. The third kappa shape index (κ3) is 2.24. The summed E-state index contributed by atoms with van der Waals surface area (Å²) in [4.78, 5) is 7.91. The number of hydrogen-bond acceptors (Lipinski definition) is 4. The monoisotopic (exact) mass is 214 g/mol. The molecule has 0 amide bonds. The Labute approximate surface area is 94.3 Å². The lowest BCUT2D eigenvalue weighted by molar-refractivity contribution is 0.573. The molecule has 2 aromatic rings. The molecule has 0 saturated heterocycles. The molecule has 4 heteroatoms. The smallest absolute Gasteiger partial charge is 0.0492 e. The fourth-order valence-corrected chi connectivity index (χ4v) is 1.59. The van der Waals surface area contributed by atoms with Gasteiger partial charge in [0.05, 0.1) is 0 Å². The molecule has 4 nitrogen and oxygen atoms in total. The molecule has 2 atom stereocenters. The van der Waals surface area contributed by atoms with E-state index >= 15 is 0 Å². The maximum Gasteiger partial charge on any atom is 0.0492 e. The number of nitrogens with two attached hydrogens (primary N) is 2. The Bertz CT molecular complexity index is 386. The molecule has 0 spiro atoms. The van der Waals surface area contributed by atoms with Crippen molar-refractivity contribution in [3.8, 4) is 0 Å². The number of nitrogens with zero attached hydrogens (tertiary/aromatic N) is 2. The maximum absolute atomic E-state index is 6.10. The van der Waals surface area contributed by atoms with Crippen LogP contribution >= 0.6 is 0 Å². The fourth-order valence-electron chi connectivity index (χ4n) is 1.59. The standard InChI is InChI=1S/C12H14N4/c13-11(9-1-5-15-6-2-9)12(14)10-3-7-16-8-4-10/h1-8,11-12H,13-14H2/t11-,12-/m0/s1. The van der Waals surface area contributed by atoms with Gasteiger partial charge in [-0.2, -0.15) is 0 Å². The Balaban J connectivity index is 2.20. The highest BCUT2D eigenvalue weighted by Crippen LogP contribution is 2.23. The van der Waals surface area contributed by atoms with E-state index in [9.17, 15) is 0 Å². The first-order valence-corrected chi connectivity index (χ1v) is 5.10. The molecule has 0 bridgehead atoms. The zero-order valence-corrected chi connectivity index (χ0v) is 8.82. The van der Waals surface area contributed by atoms with Gasteiger partial charge in [0, 0.05) is 36.9 Å². The molecule has 2 heterocycles. The van der Waals surface area contributed by atoms with E-state index in [1.807, 2.05) is 24.3 Å². The van der Waals surface area contributed by atoms with Crippen LogP contribution in [0.5, 0.6) is 0 Å². The summed E-state index contributed by atoms with van der Waals surface area (Å²) in [6.45, 7) is 0. The van der Waals surface area contributed by atoms with E-state index in [2.05, 4.69) is 9.97 Å². The minimum atomic E-state index is -0.231. The summed E-state index contributed by atoms with van der Waals surface area (Å²) < 4.78 is 0. The van der Waals surface area contributed by atoms with E-state index < -0.39 is 0 Å². The van der Waals surface area contributed by atoms with Crippen LogP contribution in [0.1, 0.15) is 23.2 Å². The minimum absolute atomic E-state index is 0.231. The van der Waals surface area contributed by atoms with Crippen LogP contribution in [0, 0.1) is 0 Å². The molecular formula is C12H14N4. The third-order valence-electron chi connectivity index (χ3n) is 2.57. The van der Waals surface area contributed by atoms with Crippen LogP contribution in [-0.4, -0.2) is 9.97 Å². The topological polar surface area (TPSA) is 77.8 Å². The van der Waals surface area contributed by atoms with Crippen LogP contribution in [0.2, 0.25) is 0 Å². The summed E-state index contributed by atoms with van der Waals surface area (Å²) in [7, 11) is 0. The summed E-state index contributed by atoms with van der Waals surface area (Å²) in [6.07, 6.45) is 6.87. The molecule has 2 rings (SSSR count). The van der Waals surface area contributed by atoms with Gasteiger partial charge in [-0.1, -0.05) is 0 Å². The largest absolute Gasteiger partial charge is 0.322 e. The molecule has 4 N–H and O–H groups in total. The zero-order chi connectivity index (χ0) is 11.4. The van der Waals surface area contributed by atoms with Gasteiger partial charge in [-0.15, -0.1) is 0 Å². The molecule has 0 unspecified atom stereocenters. The first-order valence-electron chi connectivity index (χ1n) is 5.10. The molecule has 0 fully saturated rings. The second-order valence-corrected chi connectivity index (χ2v) is 3.61. The molecule has 0 aliphatic carbocycles.